The molecule has 0 aliphatic carbocycles. The fourth-order valence-corrected chi connectivity index (χ4v) is 4.09. The van der Waals surface area contributed by atoms with Crippen LogP contribution in [0.15, 0.2) is 60.7 Å². The smallest absolute Gasteiger partial charge is 0.303 e. The Kier molecular flexibility index (Phi) is 10.6. The van der Waals surface area contributed by atoms with Crippen LogP contribution in [0.3, 0.4) is 0 Å². The summed E-state index contributed by atoms with van der Waals surface area (Å²) in [5, 5.41) is 13.6. The standard InChI is InChI=1S/C27H33NO9/c1-17(29)28-23-25(34-14-20-10-6-4-7-11-20)26(35-15-21-12-8-5-9-13-21)24(37-27(23)32)22(36-19(3)31)16-33-18(2)30/h4-13,22-27,32H,14-16H2,1-3H3,(H,28,29)/t22-,23+,24+,25+,26+,27-/m0/s1. The van der Waals surface area contributed by atoms with Crippen LogP contribution in [0.25, 0.3) is 0 Å². The first-order valence-corrected chi connectivity index (χ1v) is 12.0. The van der Waals surface area contributed by atoms with Gasteiger partial charge in [-0.3, -0.25) is 14.4 Å². The molecule has 1 heterocycles. The lowest BCUT2D eigenvalue weighted by Crippen LogP contribution is -2.67. The highest BCUT2D eigenvalue weighted by Crippen LogP contribution is 2.30. The van der Waals surface area contributed by atoms with Gasteiger partial charge in [-0.1, -0.05) is 60.7 Å². The molecule has 200 valence electrons. The van der Waals surface area contributed by atoms with Gasteiger partial charge < -0.3 is 34.1 Å². The van der Waals surface area contributed by atoms with Gasteiger partial charge in [0.2, 0.25) is 5.91 Å². The second kappa shape index (κ2) is 13.8. The van der Waals surface area contributed by atoms with E-state index in [2.05, 4.69) is 5.32 Å². The third-order valence-electron chi connectivity index (χ3n) is 5.68. The number of nitrogens with one attached hydrogen (secondary N) is 1. The first-order chi connectivity index (χ1) is 17.7. The van der Waals surface area contributed by atoms with Gasteiger partial charge in [0.1, 0.15) is 31.0 Å². The first-order valence-electron chi connectivity index (χ1n) is 12.0. The Morgan fingerprint density at radius 2 is 1.41 bits per heavy atom. The molecule has 0 spiro atoms. The molecular formula is C27H33NO9. The van der Waals surface area contributed by atoms with Crippen molar-refractivity contribution in [3.63, 3.8) is 0 Å². The highest BCUT2D eigenvalue weighted by molar-refractivity contribution is 5.73. The maximum Gasteiger partial charge on any atom is 0.303 e. The van der Waals surface area contributed by atoms with E-state index in [4.69, 9.17) is 23.7 Å². The highest BCUT2D eigenvalue weighted by atomic mass is 16.7. The minimum atomic E-state index is -1.53. The first kappa shape index (κ1) is 28.3. The van der Waals surface area contributed by atoms with E-state index in [1.165, 1.54) is 20.8 Å². The molecule has 0 radical (unpaired) electrons. The Bertz CT molecular complexity index is 1020. The Labute approximate surface area is 215 Å². The van der Waals surface area contributed by atoms with Gasteiger partial charge in [0.15, 0.2) is 12.4 Å². The van der Waals surface area contributed by atoms with Crippen molar-refractivity contribution in [2.24, 2.45) is 0 Å². The molecule has 0 aromatic heterocycles. The molecule has 2 N–H and O–H groups in total. The fourth-order valence-electron chi connectivity index (χ4n) is 4.09. The molecule has 3 rings (SSSR count). The third-order valence-corrected chi connectivity index (χ3v) is 5.68. The second-order valence-corrected chi connectivity index (χ2v) is 8.69. The molecule has 2 aromatic carbocycles. The summed E-state index contributed by atoms with van der Waals surface area (Å²) in [5.74, 6) is -1.62. The van der Waals surface area contributed by atoms with E-state index in [1.807, 2.05) is 60.7 Å². The van der Waals surface area contributed by atoms with Gasteiger partial charge in [-0.2, -0.15) is 0 Å². The van der Waals surface area contributed by atoms with Gasteiger partial charge in [-0.05, 0) is 11.1 Å². The predicted molar refractivity (Wildman–Crippen MR) is 131 cm³/mol. The van der Waals surface area contributed by atoms with E-state index in [0.29, 0.717) is 0 Å². The maximum absolute atomic E-state index is 12.0. The monoisotopic (exact) mass is 515 g/mol. The summed E-state index contributed by atoms with van der Waals surface area (Å²) in [6.07, 6.45) is -5.59. The van der Waals surface area contributed by atoms with Gasteiger partial charge in [0.25, 0.3) is 0 Å². The van der Waals surface area contributed by atoms with Crippen LogP contribution in [-0.2, 0) is 51.3 Å². The van der Waals surface area contributed by atoms with Crippen molar-refractivity contribution >= 4 is 17.8 Å². The summed E-state index contributed by atoms with van der Waals surface area (Å²) in [4.78, 5) is 35.4. The molecule has 1 aliphatic heterocycles. The molecule has 1 fully saturated rings. The molecule has 0 bridgehead atoms. The number of aliphatic hydroxyl groups is 1. The molecule has 1 aliphatic rings. The molecular weight excluding hydrogens is 482 g/mol. The van der Waals surface area contributed by atoms with Gasteiger partial charge >= 0.3 is 11.9 Å². The SMILES string of the molecule is CC(=O)N[C@@H]1[C@@H](OCc2ccccc2)[C@H](OCc2ccccc2)[C@@H]([C@H](COC(C)=O)OC(C)=O)O[C@@H]1O. The molecule has 0 saturated carbocycles. The van der Waals surface area contributed by atoms with Crippen LogP contribution in [0.5, 0.6) is 0 Å². The van der Waals surface area contributed by atoms with Crippen molar-refractivity contribution in [2.45, 2.75) is 70.7 Å². The average Bonchev–Trinajstić information content (AvgIpc) is 2.86. The average molecular weight is 516 g/mol. The number of rotatable bonds is 11. The molecule has 10 nitrogen and oxygen atoms in total. The lowest BCUT2D eigenvalue weighted by atomic mass is 9.92. The lowest BCUT2D eigenvalue weighted by molar-refractivity contribution is -0.290. The Morgan fingerprint density at radius 3 is 1.89 bits per heavy atom. The number of benzene rings is 2. The van der Waals surface area contributed by atoms with Crippen LogP contribution in [-0.4, -0.2) is 66.3 Å². The van der Waals surface area contributed by atoms with Crippen LogP contribution >= 0.6 is 0 Å². The number of carbonyl (C=O) groups is 3. The summed E-state index contributed by atoms with van der Waals surface area (Å²) < 4.78 is 28.9. The molecule has 37 heavy (non-hydrogen) atoms. The summed E-state index contributed by atoms with van der Waals surface area (Å²) in [7, 11) is 0. The molecule has 1 saturated heterocycles. The van der Waals surface area contributed by atoms with Crippen LogP contribution in [0.1, 0.15) is 31.9 Å². The number of hydrogen-bond donors (Lipinski definition) is 2. The molecule has 1 amide bonds. The normalized spacial score (nSPS) is 24.1. The van der Waals surface area contributed by atoms with Crippen molar-refractivity contribution in [3.05, 3.63) is 71.8 Å². The Morgan fingerprint density at radius 1 is 0.865 bits per heavy atom. The molecule has 6 atom stereocenters. The van der Waals surface area contributed by atoms with E-state index in [-0.39, 0.29) is 19.8 Å². The van der Waals surface area contributed by atoms with Crippen LogP contribution in [0, 0.1) is 0 Å². The number of amides is 1. The summed E-state index contributed by atoms with van der Waals surface area (Å²) in [6, 6.07) is 17.7. The van der Waals surface area contributed by atoms with E-state index < -0.39 is 54.6 Å². The fraction of sp³-hybridized carbons (Fsp3) is 0.444. The quantitative estimate of drug-likeness (QED) is 0.431. The van der Waals surface area contributed by atoms with E-state index >= 15 is 0 Å². The highest BCUT2D eigenvalue weighted by Gasteiger charge is 2.51. The van der Waals surface area contributed by atoms with Gasteiger partial charge in [0.05, 0.1) is 13.2 Å². The van der Waals surface area contributed by atoms with Crippen molar-refractivity contribution < 1.29 is 43.2 Å². The largest absolute Gasteiger partial charge is 0.462 e. The zero-order chi connectivity index (χ0) is 26.8. The molecule has 2 aromatic rings. The minimum absolute atomic E-state index is 0.139. The van der Waals surface area contributed by atoms with E-state index in [0.717, 1.165) is 11.1 Å². The van der Waals surface area contributed by atoms with Crippen LogP contribution in [0.4, 0.5) is 0 Å². The topological polar surface area (TPSA) is 130 Å². The Hall–Kier alpha value is -3.31. The van der Waals surface area contributed by atoms with E-state index in [1.54, 1.807) is 0 Å². The van der Waals surface area contributed by atoms with Crippen molar-refractivity contribution in [2.75, 3.05) is 6.61 Å². The predicted octanol–water partition coefficient (Wildman–Crippen LogP) is 1.87. The number of carbonyl (C=O) groups excluding carboxylic acids is 3. The van der Waals surface area contributed by atoms with Crippen molar-refractivity contribution in [1.29, 1.82) is 0 Å². The van der Waals surface area contributed by atoms with Gasteiger partial charge in [-0.15, -0.1) is 0 Å². The zero-order valence-corrected chi connectivity index (χ0v) is 21.1. The summed E-state index contributed by atoms with van der Waals surface area (Å²) in [5.41, 5.74) is 1.72. The second-order valence-electron chi connectivity index (χ2n) is 8.69. The van der Waals surface area contributed by atoms with Crippen LogP contribution < -0.4 is 5.32 Å². The van der Waals surface area contributed by atoms with Gasteiger partial charge in [-0.25, -0.2) is 0 Å². The van der Waals surface area contributed by atoms with E-state index in [9.17, 15) is 19.5 Å². The summed E-state index contributed by atoms with van der Waals surface area (Å²) in [6.45, 7) is 3.71. The Balaban J connectivity index is 1.96. The number of aliphatic hydroxyl groups excluding tert-OH is 1. The molecule has 0 unspecified atom stereocenters. The zero-order valence-electron chi connectivity index (χ0n) is 21.1. The van der Waals surface area contributed by atoms with Gasteiger partial charge in [0, 0.05) is 20.8 Å². The third kappa shape index (κ3) is 8.64. The number of ether oxygens (including phenoxy) is 5. The number of hydrogen-bond acceptors (Lipinski definition) is 9. The molecule has 10 heteroatoms. The lowest BCUT2D eigenvalue weighted by Gasteiger charge is -2.46. The van der Waals surface area contributed by atoms with Crippen LogP contribution in [0.2, 0.25) is 0 Å². The number of esters is 2. The van der Waals surface area contributed by atoms with Crippen molar-refractivity contribution in [1.82, 2.24) is 5.32 Å². The maximum atomic E-state index is 12.0. The minimum Gasteiger partial charge on any atom is -0.462 e. The van der Waals surface area contributed by atoms with Crippen molar-refractivity contribution in [3.8, 4) is 0 Å². The summed E-state index contributed by atoms with van der Waals surface area (Å²) >= 11 is 0.